The van der Waals surface area contributed by atoms with Gasteiger partial charge in [0.25, 0.3) is 15.9 Å². The summed E-state index contributed by atoms with van der Waals surface area (Å²) in [5, 5.41) is 2.88. The summed E-state index contributed by atoms with van der Waals surface area (Å²) in [6.45, 7) is 8.41. The van der Waals surface area contributed by atoms with Crippen LogP contribution in [0.25, 0.3) is 0 Å². The second-order valence-electron chi connectivity index (χ2n) is 8.30. The first kappa shape index (κ1) is 24.3. The number of amides is 1. The number of ether oxygens (including phenoxy) is 1. The van der Waals surface area contributed by atoms with Gasteiger partial charge >= 0.3 is 0 Å². The molecule has 0 aliphatic heterocycles. The number of carbonyl (C=O) groups excluding carboxylic acids is 1. The molecular weight excluding hydrogens is 438 g/mol. The van der Waals surface area contributed by atoms with Gasteiger partial charge in [-0.1, -0.05) is 37.6 Å². The van der Waals surface area contributed by atoms with Gasteiger partial charge in [0.05, 0.1) is 10.6 Å². The molecule has 3 rings (SSSR count). The third kappa shape index (κ3) is 6.55. The van der Waals surface area contributed by atoms with E-state index in [4.69, 9.17) is 4.74 Å². The maximum Gasteiger partial charge on any atom is 0.262 e. The Morgan fingerprint density at radius 2 is 1.85 bits per heavy atom. The fraction of sp³-hybridized carbons (Fsp3) is 0.280. The Kier molecular flexibility index (Phi) is 7.71. The fourth-order valence-corrected chi connectivity index (χ4v) is 4.54. The van der Waals surface area contributed by atoms with Crippen LogP contribution < -0.4 is 14.8 Å². The van der Waals surface area contributed by atoms with Crippen LogP contribution in [0.5, 0.6) is 11.6 Å². The van der Waals surface area contributed by atoms with E-state index in [0.29, 0.717) is 35.0 Å². The molecule has 0 bridgehead atoms. The highest BCUT2D eigenvalue weighted by molar-refractivity contribution is 7.92. The number of sulfonamides is 1. The quantitative estimate of drug-likeness (QED) is 0.458. The first-order valence-corrected chi connectivity index (χ1v) is 12.3. The van der Waals surface area contributed by atoms with Crippen molar-refractivity contribution in [1.29, 1.82) is 0 Å². The first-order chi connectivity index (χ1) is 15.7. The molecule has 0 fully saturated rings. The SMILES string of the molecule is Cc1ccc(S(=O)(=O)Nc2cccc(Oc3ncccc3C(=O)NCCC(C)C)c2)c(C)c1. The molecule has 1 amide bonds. The summed E-state index contributed by atoms with van der Waals surface area (Å²) in [6, 6.07) is 15.0. The predicted octanol–water partition coefficient (Wildman–Crippen LogP) is 5.07. The van der Waals surface area contributed by atoms with Crippen molar-refractivity contribution < 1.29 is 17.9 Å². The number of nitrogens with zero attached hydrogens (tertiary/aromatic N) is 1. The lowest BCUT2D eigenvalue weighted by molar-refractivity contribution is 0.0949. The van der Waals surface area contributed by atoms with Crippen molar-refractivity contribution in [3.8, 4) is 11.6 Å². The van der Waals surface area contributed by atoms with Crippen LogP contribution in [0.15, 0.2) is 65.7 Å². The van der Waals surface area contributed by atoms with Crippen LogP contribution in [0.2, 0.25) is 0 Å². The second-order valence-corrected chi connectivity index (χ2v) is 9.95. The number of aromatic nitrogens is 1. The highest BCUT2D eigenvalue weighted by Gasteiger charge is 2.18. The van der Waals surface area contributed by atoms with E-state index in [0.717, 1.165) is 12.0 Å². The van der Waals surface area contributed by atoms with Crippen molar-refractivity contribution in [2.45, 2.75) is 39.0 Å². The van der Waals surface area contributed by atoms with Crippen molar-refractivity contribution in [2.75, 3.05) is 11.3 Å². The molecule has 8 heteroatoms. The lowest BCUT2D eigenvalue weighted by Crippen LogP contribution is -2.25. The summed E-state index contributed by atoms with van der Waals surface area (Å²) in [5.74, 6) is 0.704. The highest BCUT2D eigenvalue weighted by atomic mass is 32.2. The van der Waals surface area contributed by atoms with E-state index >= 15 is 0 Å². The summed E-state index contributed by atoms with van der Waals surface area (Å²) in [7, 11) is -3.77. The van der Waals surface area contributed by atoms with Gasteiger partial charge in [-0.25, -0.2) is 13.4 Å². The third-order valence-corrected chi connectivity index (χ3v) is 6.49. The number of pyridine rings is 1. The van der Waals surface area contributed by atoms with Crippen molar-refractivity contribution >= 4 is 21.6 Å². The van der Waals surface area contributed by atoms with Crippen LogP contribution in [-0.4, -0.2) is 25.9 Å². The van der Waals surface area contributed by atoms with Crippen molar-refractivity contribution in [3.63, 3.8) is 0 Å². The van der Waals surface area contributed by atoms with E-state index in [-0.39, 0.29) is 16.7 Å². The summed E-state index contributed by atoms with van der Waals surface area (Å²) in [5.41, 5.74) is 2.30. The van der Waals surface area contributed by atoms with Crippen LogP contribution in [0.3, 0.4) is 0 Å². The molecule has 2 aromatic carbocycles. The van der Waals surface area contributed by atoms with Crippen molar-refractivity contribution in [2.24, 2.45) is 5.92 Å². The van der Waals surface area contributed by atoms with Gasteiger partial charge in [0.1, 0.15) is 11.3 Å². The number of nitrogens with one attached hydrogen (secondary N) is 2. The number of aryl methyl sites for hydroxylation is 2. The van der Waals surface area contributed by atoms with E-state index in [9.17, 15) is 13.2 Å². The fourth-order valence-electron chi connectivity index (χ4n) is 3.26. The maximum atomic E-state index is 12.9. The Bertz CT molecular complexity index is 1240. The minimum absolute atomic E-state index is 0.147. The Balaban J connectivity index is 1.78. The Labute approximate surface area is 195 Å². The second kappa shape index (κ2) is 10.5. The van der Waals surface area contributed by atoms with Crippen LogP contribution in [0, 0.1) is 19.8 Å². The van der Waals surface area contributed by atoms with E-state index in [1.807, 2.05) is 13.0 Å². The lowest BCUT2D eigenvalue weighted by Gasteiger charge is -2.13. The standard InChI is InChI=1S/C25H29N3O4S/c1-17(2)12-14-26-24(29)22-9-6-13-27-25(22)32-21-8-5-7-20(16-21)28-33(30,31)23-11-10-18(3)15-19(23)4/h5-11,13,15-17,28H,12,14H2,1-4H3,(H,26,29). The zero-order valence-electron chi connectivity index (χ0n) is 19.3. The largest absolute Gasteiger partial charge is 0.438 e. The molecule has 0 saturated heterocycles. The predicted molar refractivity (Wildman–Crippen MR) is 129 cm³/mol. The van der Waals surface area contributed by atoms with Crippen LogP contribution in [-0.2, 0) is 10.0 Å². The van der Waals surface area contributed by atoms with Gasteiger partial charge in [-0.05, 0) is 62.1 Å². The molecule has 1 heterocycles. The molecule has 0 radical (unpaired) electrons. The van der Waals surface area contributed by atoms with Gasteiger partial charge < -0.3 is 10.1 Å². The van der Waals surface area contributed by atoms with Gasteiger partial charge in [-0.15, -0.1) is 0 Å². The molecule has 174 valence electrons. The highest BCUT2D eigenvalue weighted by Crippen LogP contribution is 2.27. The molecule has 1 aromatic heterocycles. The first-order valence-electron chi connectivity index (χ1n) is 10.8. The molecule has 0 aliphatic carbocycles. The van der Waals surface area contributed by atoms with Crippen LogP contribution in [0.4, 0.5) is 5.69 Å². The molecule has 0 atom stereocenters. The molecule has 0 unspecified atom stereocenters. The maximum absolute atomic E-state index is 12.9. The summed E-state index contributed by atoms with van der Waals surface area (Å²) in [6.07, 6.45) is 2.40. The summed E-state index contributed by atoms with van der Waals surface area (Å²) < 4.78 is 34.2. The molecule has 0 saturated carbocycles. The molecule has 0 spiro atoms. The summed E-state index contributed by atoms with van der Waals surface area (Å²) >= 11 is 0. The molecular formula is C25H29N3O4S. The van der Waals surface area contributed by atoms with Gasteiger partial charge in [0, 0.05) is 18.8 Å². The number of anilines is 1. The Morgan fingerprint density at radius 1 is 1.06 bits per heavy atom. The number of hydrogen-bond acceptors (Lipinski definition) is 5. The zero-order valence-corrected chi connectivity index (χ0v) is 20.1. The van der Waals surface area contributed by atoms with Gasteiger partial charge in [-0.2, -0.15) is 0 Å². The zero-order chi connectivity index (χ0) is 24.0. The summed E-state index contributed by atoms with van der Waals surface area (Å²) in [4.78, 5) is 17.0. The van der Waals surface area contributed by atoms with Gasteiger partial charge in [-0.3, -0.25) is 9.52 Å². The lowest BCUT2D eigenvalue weighted by atomic mass is 10.1. The monoisotopic (exact) mass is 467 g/mol. The van der Waals surface area contributed by atoms with Gasteiger partial charge in [0.2, 0.25) is 5.88 Å². The van der Waals surface area contributed by atoms with Gasteiger partial charge in [0.15, 0.2) is 0 Å². The number of carbonyl (C=O) groups is 1. The van der Waals surface area contributed by atoms with Crippen molar-refractivity contribution in [3.05, 3.63) is 77.5 Å². The normalized spacial score (nSPS) is 11.3. The van der Waals surface area contributed by atoms with Crippen LogP contribution >= 0.6 is 0 Å². The average Bonchev–Trinajstić information content (AvgIpc) is 2.73. The van der Waals surface area contributed by atoms with E-state index < -0.39 is 10.0 Å². The van der Waals surface area contributed by atoms with E-state index in [2.05, 4.69) is 28.9 Å². The molecule has 0 aliphatic rings. The van der Waals surface area contributed by atoms with E-state index in [1.165, 1.54) is 6.20 Å². The molecule has 7 nitrogen and oxygen atoms in total. The van der Waals surface area contributed by atoms with E-state index in [1.54, 1.807) is 55.5 Å². The minimum atomic E-state index is -3.77. The Morgan fingerprint density at radius 3 is 2.58 bits per heavy atom. The number of benzene rings is 2. The Hall–Kier alpha value is -3.39. The molecule has 2 N–H and O–H groups in total. The molecule has 3 aromatic rings. The minimum Gasteiger partial charge on any atom is -0.438 e. The number of rotatable bonds is 9. The van der Waals surface area contributed by atoms with Crippen LogP contribution in [0.1, 0.15) is 41.8 Å². The average molecular weight is 468 g/mol. The number of hydrogen-bond donors (Lipinski definition) is 2. The smallest absolute Gasteiger partial charge is 0.262 e. The topological polar surface area (TPSA) is 97.4 Å². The molecule has 33 heavy (non-hydrogen) atoms. The third-order valence-electron chi connectivity index (χ3n) is 4.94. The van der Waals surface area contributed by atoms with Crippen molar-refractivity contribution in [1.82, 2.24) is 10.3 Å².